The van der Waals surface area contributed by atoms with Crippen LogP contribution in [-0.2, 0) is 11.3 Å². The highest BCUT2D eigenvalue weighted by Gasteiger charge is 2.30. The average Bonchev–Trinajstić information content (AvgIpc) is 2.95. The minimum atomic E-state index is -0.757. The Kier molecular flexibility index (Phi) is 4.24. The monoisotopic (exact) mass is 385 g/mol. The lowest BCUT2D eigenvalue weighted by Gasteiger charge is -2.18. The Bertz CT molecular complexity index is 688. The Morgan fingerprint density at radius 3 is 2.90 bits per heavy atom. The van der Waals surface area contributed by atoms with Gasteiger partial charge in [-0.1, -0.05) is 27.5 Å². The minimum Gasteiger partial charge on any atom is -0.481 e. The number of nitrogens with zero attached hydrogens (tertiary/aromatic N) is 1. The fourth-order valence-electron chi connectivity index (χ4n) is 2.76. The number of rotatable bonds is 4. The summed E-state index contributed by atoms with van der Waals surface area (Å²) in [5.41, 5.74) is 2.23. The lowest BCUT2D eigenvalue weighted by Crippen LogP contribution is -2.21. The van der Waals surface area contributed by atoms with Crippen LogP contribution in [0, 0.1) is 0 Å². The summed E-state index contributed by atoms with van der Waals surface area (Å²) < 4.78 is 1.76. The van der Waals surface area contributed by atoms with Crippen molar-refractivity contribution in [1.82, 2.24) is 0 Å². The van der Waals surface area contributed by atoms with Gasteiger partial charge in [0.05, 0.1) is 17.3 Å². The molecular formula is C15H13BrClNO2S. The molecule has 6 heteroatoms. The average molecular weight is 387 g/mol. The number of carbonyl (C=O) groups is 1. The van der Waals surface area contributed by atoms with Crippen LogP contribution in [0.15, 0.2) is 34.8 Å². The van der Waals surface area contributed by atoms with Crippen molar-refractivity contribution in [1.29, 1.82) is 0 Å². The second kappa shape index (κ2) is 5.99. The van der Waals surface area contributed by atoms with Gasteiger partial charge in [0.1, 0.15) is 0 Å². The Hall–Kier alpha value is -1.04. The molecule has 110 valence electrons. The molecular weight excluding hydrogens is 374 g/mol. The van der Waals surface area contributed by atoms with Gasteiger partial charge in [0.2, 0.25) is 0 Å². The molecule has 1 aliphatic heterocycles. The first-order chi connectivity index (χ1) is 10.0. The van der Waals surface area contributed by atoms with Crippen molar-refractivity contribution in [2.45, 2.75) is 18.9 Å². The van der Waals surface area contributed by atoms with E-state index in [1.165, 1.54) is 4.88 Å². The predicted molar refractivity (Wildman–Crippen MR) is 89.5 cm³/mol. The summed E-state index contributed by atoms with van der Waals surface area (Å²) in [5.74, 6) is -0.725. The molecule has 21 heavy (non-hydrogen) atoms. The van der Waals surface area contributed by atoms with Crippen LogP contribution in [0.4, 0.5) is 5.69 Å². The summed E-state index contributed by atoms with van der Waals surface area (Å²) in [4.78, 5) is 14.5. The van der Waals surface area contributed by atoms with Gasteiger partial charge in [-0.15, -0.1) is 11.3 Å². The summed E-state index contributed by atoms with van der Waals surface area (Å²) >= 11 is 11.0. The summed E-state index contributed by atoms with van der Waals surface area (Å²) in [6.07, 6.45) is 0.158. The van der Waals surface area contributed by atoms with Gasteiger partial charge in [0, 0.05) is 27.5 Å². The van der Waals surface area contributed by atoms with E-state index in [4.69, 9.17) is 16.7 Å². The summed E-state index contributed by atoms with van der Waals surface area (Å²) in [5, 5.41) is 9.10. The minimum absolute atomic E-state index is 0.0328. The van der Waals surface area contributed by atoms with Crippen molar-refractivity contribution in [3.8, 4) is 0 Å². The zero-order chi connectivity index (χ0) is 15.0. The Balaban J connectivity index is 1.88. The topological polar surface area (TPSA) is 40.5 Å². The fourth-order valence-corrected chi connectivity index (χ4v) is 4.25. The molecule has 1 atom stereocenters. The van der Waals surface area contributed by atoms with Crippen LogP contribution in [0.1, 0.15) is 22.8 Å². The number of thiophene rings is 1. The largest absolute Gasteiger partial charge is 0.481 e. The van der Waals surface area contributed by atoms with E-state index in [2.05, 4.69) is 26.9 Å². The number of benzene rings is 1. The first-order valence-corrected chi connectivity index (χ1v) is 8.52. The number of carboxylic acids is 1. The second-order valence-electron chi connectivity index (χ2n) is 5.08. The van der Waals surface area contributed by atoms with Crippen LogP contribution in [0.25, 0.3) is 0 Å². The molecule has 0 radical (unpaired) electrons. The number of hydrogen-bond acceptors (Lipinski definition) is 3. The van der Waals surface area contributed by atoms with E-state index >= 15 is 0 Å². The molecule has 3 nitrogen and oxygen atoms in total. The van der Waals surface area contributed by atoms with Gasteiger partial charge < -0.3 is 10.0 Å². The smallest absolute Gasteiger partial charge is 0.304 e. The molecule has 1 unspecified atom stereocenters. The molecule has 1 aromatic heterocycles. The zero-order valence-corrected chi connectivity index (χ0v) is 14.2. The number of carboxylic acid groups (broad SMARTS) is 1. The van der Waals surface area contributed by atoms with E-state index in [1.54, 1.807) is 11.3 Å². The Morgan fingerprint density at radius 1 is 1.43 bits per heavy atom. The van der Waals surface area contributed by atoms with Crippen molar-refractivity contribution < 1.29 is 9.90 Å². The molecule has 2 heterocycles. The van der Waals surface area contributed by atoms with E-state index in [-0.39, 0.29) is 12.3 Å². The predicted octanol–water partition coefficient (Wildman–Crippen LogP) is 4.74. The van der Waals surface area contributed by atoms with E-state index in [9.17, 15) is 4.79 Å². The molecule has 0 amide bonds. The van der Waals surface area contributed by atoms with E-state index in [0.717, 1.165) is 33.1 Å². The molecule has 0 spiro atoms. The highest BCUT2D eigenvalue weighted by atomic mass is 79.9. The van der Waals surface area contributed by atoms with Gasteiger partial charge in [-0.3, -0.25) is 4.79 Å². The third-order valence-corrected chi connectivity index (χ3v) is 5.32. The van der Waals surface area contributed by atoms with Crippen LogP contribution in [0.3, 0.4) is 0 Å². The van der Waals surface area contributed by atoms with E-state index in [0.29, 0.717) is 0 Å². The second-order valence-corrected chi connectivity index (χ2v) is 7.80. The molecule has 0 aliphatic carbocycles. The van der Waals surface area contributed by atoms with Gasteiger partial charge in [-0.25, -0.2) is 0 Å². The molecule has 1 aliphatic rings. The highest BCUT2D eigenvalue weighted by molar-refractivity contribution is 9.10. The maximum absolute atomic E-state index is 11.1. The quantitative estimate of drug-likeness (QED) is 0.825. The lowest BCUT2D eigenvalue weighted by atomic mass is 9.98. The van der Waals surface area contributed by atoms with Gasteiger partial charge in [-0.05, 0) is 35.9 Å². The molecule has 0 saturated heterocycles. The molecule has 0 saturated carbocycles. The van der Waals surface area contributed by atoms with Gasteiger partial charge in [-0.2, -0.15) is 0 Å². The summed E-state index contributed by atoms with van der Waals surface area (Å²) in [6.45, 7) is 1.50. The normalized spacial score (nSPS) is 17.0. The zero-order valence-electron chi connectivity index (χ0n) is 11.1. The number of anilines is 1. The SMILES string of the molecule is O=C(O)CC1CN(Cc2ccc(Cl)s2)c2ccc(Br)cc21. The van der Waals surface area contributed by atoms with Crippen molar-refractivity contribution in [3.63, 3.8) is 0 Å². The van der Waals surface area contributed by atoms with Crippen molar-refractivity contribution in [2.24, 2.45) is 0 Å². The third-order valence-electron chi connectivity index (χ3n) is 3.61. The maximum Gasteiger partial charge on any atom is 0.304 e. The third kappa shape index (κ3) is 3.25. The van der Waals surface area contributed by atoms with Gasteiger partial charge in [0.25, 0.3) is 0 Å². The Labute approximate surface area is 140 Å². The van der Waals surface area contributed by atoms with Crippen LogP contribution >= 0.6 is 38.9 Å². The first kappa shape index (κ1) is 14.9. The van der Waals surface area contributed by atoms with E-state index < -0.39 is 5.97 Å². The van der Waals surface area contributed by atoms with Gasteiger partial charge >= 0.3 is 5.97 Å². The first-order valence-electron chi connectivity index (χ1n) is 6.53. The van der Waals surface area contributed by atoms with Crippen molar-refractivity contribution in [2.75, 3.05) is 11.4 Å². The molecule has 1 aromatic carbocycles. The molecule has 3 rings (SSSR count). The summed E-state index contributed by atoms with van der Waals surface area (Å²) in [6, 6.07) is 10.0. The molecule has 1 N–H and O–H groups in total. The lowest BCUT2D eigenvalue weighted by molar-refractivity contribution is -0.137. The molecule has 0 bridgehead atoms. The maximum atomic E-state index is 11.1. The highest BCUT2D eigenvalue weighted by Crippen LogP contribution is 2.41. The summed E-state index contributed by atoms with van der Waals surface area (Å²) in [7, 11) is 0. The Morgan fingerprint density at radius 2 is 2.24 bits per heavy atom. The molecule has 0 fully saturated rings. The van der Waals surface area contributed by atoms with Crippen LogP contribution < -0.4 is 4.90 Å². The number of aliphatic carboxylic acids is 1. The molecule has 2 aromatic rings. The fraction of sp³-hybridized carbons (Fsp3) is 0.267. The van der Waals surface area contributed by atoms with Crippen molar-refractivity contribution in [3.05, 3.63) is 49.6 Å². The standard InChI is InChI=1S/C15H13BrClNO2S/c16-10-1-3-13-12(6-10)9(5-15(19)20)7-18(13)8-11-2-4-14(17)21-11/h1-4,6,9H,5,7-8H2,(H,19,20). The van der Waals surface area contributed by atoms with Gasteiger partial charge in [0.15, 0.2) is 0 Å². The van der Waals surface area contributed by atoms with Crippen LogP contribution in [0.2, 0.25) is 4.34 Å². The number of fused-ring (bicyclic) bond motifs is 1. The number of halogens is 2. The number of hydrogen-bond donors (Lipinski definition) is 1. The van der Waals surface area contributed by atoms with Crippen LogP contribution in [-0.4, -0.2) is 17.6 Å². The van der Waals surface area contributed by atoms with E-state index in [1.807, 2.05) is 24.3 Å². The van der Waals surface area contributed by atoms with Crippen LogP contribution in [0.5, 0.6) is 0 Å². The van der Waals surface area contributed by atoms with Crippen molar-refractivity contribution >= 4 is 50.5 Å².